The average molecular weight is 765 g/mol. The standard InChI is InChI=1S/C38H45ClN6O5S2/c1-7-44-32(21-9-8-10-40-30(21)19(3)49-6)24-14-38(4,5)17-50-37(48)31-23-12-20(23)15-45(43-31)35(47)25(42-34(46)22-11-18(22)2)13-27-41-26(16-51-27)33-29(39)28(24)36(44)52-33/h8-10,16,18-20,22-23,25,31,43H,7,11-15,17H2,1-6H3,(H,42,46)/t18-,19-,20+,22-,23+,25-,31-/m0/s1. The van der Waals surface area contributed by atoms with Crippen molar-refractivity contribution in [2.75, 3.05) is 20.3 Å². The van der Waals surface area contributed by atoms with Gasteiger partial charge in [0.25, 0.3) is 5.91 Å². The zero-order valence-corrected chi connectivity index (χ0v) is 32.7. The van der Waals surface area contributed by atoms with Crippen LogP contribution in [0, 0.1) is 29.1 Å². The lowest BCUT2D eigenvalue weighted by molar-refractivity contribution is -0.156. The van der Waals surface area contributed by atoms with Crippen LogP contribution in [-0.4, -0.2) is 69.7 Å². The topological polar surface area (TPSA) is 128 Å². The third-order valence-electron chi connectivity index (χ3n) is 11.2. The molecule has 2 aliphatic heterocycles. The van der Waals surface area contributed by atoms with E-state index in [0.29, 0.717) is 30.5 Å². The number of nitrogens with one attached hydrogen (secondary N) is 2. The number of amides is 2. The van der Waals surface area contributed by atoms with Gasteiger partial charge in [-0.05, 0) is 68.6 Å². The Balaban J connectivity index is 1.26. The number of thiazole rings is 1. The van der Waals surface area contributed by atoms with Gasteiger partial charge in [-0.2, -0.15) is 0 Å². The number of aryl methyl sites for hydroxylation is 1. The summed E-state index contributed by atoms with van der Waals surface area (Å²) in [4.78, 5) is 52.9. The number of halogens is 1. The van der Waals surface area contributed by atoms with E-state index in [1.165, 1.54) is 16.3 Å². The molecular formula is C38H45ClN6O5S2. The number of hydrogen-bond donors (Lipinski definition) is 2. The van der Waals surface area contributed by atoms with Crippen LogP contribution in [0.2, 0.25) is 5.02 Å². The molecule has 4 aromatic rings. The minimum atomic E-state index is -0.837. The van der Waals surface area contributed by atoms with Crippen molar-refractivity contribution in [3.8, 4) is 21.8 Å². The van der Waals surface area contributed by atoms with Gasteiger partial charge >= 0.3 is 5.97 Å². The van der Waals surface area contributed by atoms with Crippen molar-refractivity contribution in [2.45, 2.75) is 85.0 Å². The zero-order valence-electron chi connectivity index (χ0n) is 30.3. The van der Waals surface area contributed by atoms with Crippen LogP contribution >= 0.6 is 34.3 Å². The van der Waals surface area contributed by atoms with Gasteiger partial charge in [0.15, 0.2) is 0 Å². The van der Waals surface area contributed by atoms with E-state index in [1.807, 2.05) is 25.3 Å². The molecule has 11 nitrogen and oxygen atoms in total. The molecule has 4 aliphatic rings. The highest BCUT2D eigenvalue weighted by Gasteiger charge is 2.53. The highest BCUT2D eigenvalue weighted by atomic mass is 35.5. The van der Waals surface area contributed by atoms with Gasteiger partial charge in [0.2, 0.25) is 5.91 Å². The number of carbonyl (C=O) groups excluding carboxylic acids is 3. The molecule has 6 bridgehead atoms. The Morgan fingerprint density at radius 3 is 2.81 bits per heavy atom. The van der Waals surface area contributed by atoms with E-state index in [9.17, 15) is 14.4 Å². The summed E-state index contributed by atoms with van der Waals surface area (Å²) in [6.45, 7) is 11.7. The molecule has 7 atom stereocenters. The van der Waals surface area contributed by atoms with Gasteiger partial charge in [-0.25, -0.2) is 10.4 Å². The van der Waals surface area contributed by atoms with Gasteiger partial charge in [-0.15, -0.1) is 22.7 Å². The SMILES string of the molecule is CCn1c(-c2cccnc2[C@H](C)OC)c2c3c(Cl)c(sc31)-c1csc(n1)C[C@H](NC(=O)[C@H]1C[C@@H]1C)C(=O)N1C[C@H]3C[C@H]3[C@H](N1)C(=O)OCC(C)(C)C2. The van der Waals surface area contributed by atoms with Gasteiger partial charge in [-0.1, -0.05) is 32.4 Å². The maximum atomic E-state index is 14.2. The molecular weight excluding hydrogens is 720 g/mol. The molecule has 14 heteroatoms. The summed E-state index contributed by atoms with van der Waals surface area (Å²) >= 11 is 10.5. The lowest BCUT2D eigenvalue weighted by Crippen LogP contribution is -2.61. The van der Waals surface area contributed by atoms with Crippen LogP contribution < -0.4 is 10.7 Å². The van der Waals surface area contributed by atoms with Crippen LogP contribution in [0.15, 0.2) is 23.7 Å². The minimum Gasteiger partial charge on any atom is -0.464 e. The third kappa shape index (κ3) is 6.36. The van der Waals surface area contributed by atoms with Crippen LogP contribution in [0.3, 0.4) is 0 Å². The maximum Gasteiger partial charge on any atom is 0.325 e. The van der Waals surface area contributed by atoms with Crippen molar-refractivity contribution >= 4 is 62.3 Å². The van der Waals surface area contributed by atoms with Crippen LogP contribution in [-0.2, 0) is 43.2 Å². The number of carbonyl (C=O) groups is 3. The van der Waals surface area contributed by atoms with Crippen LogP contribution in [0.25, 0.3) is 32.0 Å². The lowest BCUT2D eigenvalue weighted by Gasteiger charge is -2.35. The van der Waals surface area contributed by atoms with Crippen molar-refractivity contribution in [1.82, 2.24) is 30.3 Å². The Hall–Kier alpha value is -3.36. The average Bonchev–Trinajstić information content (AvgIpc) is 3.95. The second-order valence-corrected chi connectivity index (χ2v) is 18.0. The largest absolute Gasteiger partial charge is 0.464 e. The molecule has 0 radical (unpaired) electrons. The van der Waals surface area contributed by atoms with Crippen molar-refractivity contribution in [3.63, 3.8) is 0 Å². The van der Waals surface area contributed by atoms with Gasteiger partial charge in [0.1, 0.15) is 16.9 Å². The summed E-state index contributed by atoms with van der Waals surface area (Å²) in [6, 6.07) is 2.56. The number of nitrogens with zero attached hydrogens (tertiary/aromatic N) is 4. The smallest absolute Gasteiger partial charge is 0.325 e. The predicted molar refractivity (Wildman–Crippen MR) is 202 cm³/mol. The molecule has 2 N–H and O–H groups in total. The Kier molecular flexibility index (Phi) is 9.25. The van der Waals surface area contributed by atoms with Gasteiger partial charge < -0.3 is 19.4 Å². The molecule has 2 amide bonds. The molecule has 0 unspecified atom stereocenters. The van der Waals surface area contributed by atoms with E-state index in [0.717, 1.165) is 61.2 Å². The van der Waals surface area contributed by atoms with E-state index >= 15 is 0 Å². The van der Waals surface area contributed by atoms with Crippen LogP contribution in [0.5, 0.6) is 0 Å². The number of pyridine rings is 1. The molecule has 6 heterocycles. The number of cyclic esters (lactones) is 1. The van der Waals surface area contributed by atoms with Crippen LogP contribution in [0.4, 0.5) is 0 Å². The molecule has 3 fully saturated rings. The summed E-state index contributed by atoms with van der Waals surface area (Å²) in [5.74, 6) is -0.249. The van der Waals surface area contributed by atoms with Crippen molar-refractivity contribution in [2.24, 2.45) is 29.1 Å². The summed E-state index contributed by atoms with van der Waals surface area (Å²) in [5, 5.41) is 8.87. The number of esters is 1. The molecule has 4 aromatic heterocycles. The predicted octanol–water partition coefficient (Wildman–Crippen LogP) is 6.43. The van der Waals surface area contributed by atoms with E-state index in [4.69, 9.17) is 31.0 Å². The first-order valence-corrected chi connectivity index (χ1v) is 20.3. The molecule has 0 spiro atoms. The first kappa shape index (κ1) is 35.7. The second kappa shape index (κ2) is 13.5. The van der Waals surface area contributed by atoms with E-state index in [1.54, 1.807) is 24.6 Å². The Bertz CT molecular complexity index is 2070. The monoisotopic (exact) mass is 764 g/mol. The van der Waals surface area contributed by atoms with Crippen molar-refractivity contribution in [3.05, 3.63) is 45.0 Å². The number of hydrogen-bond acceptors (Lipinski definition) is 10. The Labute approximate surface area is 316 Å². The number of fused-ring (bicyclic) bond motifs is 8. The summed E-state index contributed by atoms with van der Waals surface area (Å²) in [7, 11) is 1.69. The molecule has 52 heavy (non-hydrogen) atoms. The number of rotatable bonds is 6. The molecule has 8 rings (SSSR count). The van der Waals surface area contributed by atoms with Gasteiger partial charge in [0.05, 0.1) is 44.7 Å². The number of ether oxygens (including phenoxy) is 2. The van der Waals surface area contributed by atoms with Crippen molar-refractivity contribution in [1.29, 1.82) is 0 Å². The summed E-state index contributed by atoms with van der Waals surface area (Å²) in [5.41, 5.74) is 7.39. The Morgan fingerprint density at radius 2 is 2.08 bits per heavy atom. The van der Waals surface area contributed by atoms with E-state index in [-0.39, 0.29) is 54.7 Å². The highest BCUT2D eigenvalue weighted by molar-refractivity contribution is 7.23. The quantitative estimate of drug-likeness (QED) is 0.215. The fourth-order valence-corrected chi connectivity index (χ4v) is 10.6. The molecule has 1 saturated heterocycles. The fourth-order valence-electron chi connectivity index (χ4n) is 7.98. The van der Waals surface area contributed by atoms with Crippen LogP contribution in [0.1, 0.15) is 69.8 Å². The maximum absolute atomic E-state index is 14.2. The second-order valence-electron chi connectivity index (χ2n) is 15.7. The molecule has 0 aromatic carbocycles. The molecule has 2 aliphatic carbocycles. The summed E-state index contributed by atoms with van der Waals surface area (Å²) < 4.78 is 14.2. The molecule has 2 saturated carbocycles. The number of methoxy groups -OCH3 is 1. The Morgan fingerprint density at radius 1 is 1.29 bits per heavy atom. The van der Waals surface area contributed by atoms with E-state index in [2.05, 4.69) is 42.1 Å². The first-order chi connectivity index (χ1) is 24.9. The minimum absolute atomic E-state index is 0.0951. The summed E-state index contributed by atoms with van der Waals surface area (Å²) in [6.07, 6.45) is 4.00. The number of hydrazine groups is 1. The third-order valence-corrected chi connectivity index (χ3v) is 13.8. The normalized spacial score (nSPS) is 27.5. The first-order valence-electron chi connectivity index (χ1n) is 18.2. The fraction of sp³-hybridized carbons (Fsp3) is 0.553. The highest BCUT2D eigenvalue weighted by Crippen LogP contribution is 2.50. The number of aromatic nitrogens is 3. The van der Waals surface area contributed by atoms with Gasteiger partial charge in [0, 0.05) is 60.5 Å². The van der Waals surface area contributed by atoms with E-state index < -0.39 is 17.5 Å². The zero-order chi connectivity index (χ0) is 36.6. The molecule has 276 valence electrons. The van der Waals surface area contributed by atoms with Crippen molar-refractivity contribution < 1.29 is 23.9 Å². The number of thiophene rings is 1. The van der Waals surface area contributed by atoms with Gasteiger partial charge in [-0.3, -0.25) is 24.4 Å². The lowest BCUT2D eigenvalue weighted by atomic mass is 9.84.